The number of aryl methyl sites for hydroxylation is 1. The number of halogens is 4. The minimum Gasteiger partial charge on any atom is -0.457 e. The lowest BCUT2D eigenvalue weighted by molar-refractivity contribution is -0.139. The number of nitrogens with one attached hydrogen (secondary N) is 1. The van der Waals surface area contributed by atoms with Crippen molar-refractivity contribution in [2.24, 2.45) is 7.05 Å². The van der Waals surface area contributed by atoms with Crippen LogP contribution >= 0.6 is 0 Å². The summed E-state index contributed by atoms with van der Waals surface area (Å²) in [7, 11) is 1.70. The van der Waals surface area contributed by atoms with Crippen LogP contribution in [0.1, 0.15) is 18.2 Å². The number of carbonyl (C=O) groups is 1. The second-order valence-corrected chi connectivity index (χ2v) is 7.43. The molecule has 0 fully saturated rings. The Balaban J connectivity index is 1.59. The van der Waals surface area contributed by atoms with Crippen LogP contribution in [0, 0.1) is 5.82 Å². The summed E-state index contributed by atoms with van der Waals surface area (Å²) >= 11 is 0. The van der Waals surface area contributed by atoms with Gasteiger partial charge in [-0.3, -0.25) is 9.78 Å². The standard InChI is InChI=1S/C23H18F4N4O2/c1-13(32)9-15-10-17(7-8-28-15)33-16-4-6-21-20(12-16)30-22(31(21)2)29-14-3-5-19(24)18(11-14)23(25,26)27/h3-8,10-12H,9H2,1-2H3,(H,29,30). The monoisotopic (exact) mass is 458 g/mol. The van der Waals surface area contributed by atoms with Crippen molar-refractivity contribution in [3.05, 3.63) is 71.8 Å². The van der Waals surface area contributed by atoms with Gasteiger partial charge in [0.1, 0.15) is 23.1 Å². The number of hydrogen-bond donors (Lipinski definition) is 1. The third kappa shape index (κ3) is 4.94. The van der Waals surface area contributed by atoms with E-state index in [2.05, 4.69) is 15.3 Å². The lowest BCUT2D eigenvalue weighted by Gasteiger charge is -2.11. The van der Waals surface area contributed by atoms with Crippen molar-refractivity contribution < 1.29 is 27.1 Å². The van der Waals surface area contributed by atoms with Crippen molar-refractivity contribution >= 4 is 28.5 Å². The topological polar surface area (TPSA) is 69.0 Å². The SMILES string of the molecule is CC(=O)Cc1cc(Oc2ccc3c(c2)nc(Nc2ccc(F)c(C(F)(F)F)c2)n3C)ccn1. The van der Waals surface area contributed by atoms with E-state index in [1.807, 2.05) is 0 Å². The number of aromatic nitrogens is 3. The zero-order chi connectivity index (χ0) is 23.8. The number of fused-ring (bicyclic) bond motifs is 1. The number of benzene rings is 2. The van der Waals surface area contributed by atoms with Gasteiger partial charge in [0.15, 0.2) is 0 Å². The molecule has 0 radical (unpaired) electrons. The maximum atomic E-state index is 13.6. The van der Waals surface area contributed by atoms with E-state index in [-0.39, 0.29) is 23.8 Å². The fourth-order valence-electron chi connectivity index (χ4n) is 3.31. The summed E-state index contributed by atoms with van der Waals surface area (Å²) in [6, 6.07) is 11.2. The summed E-state index contributed by atoms with van der Waals surface area (Å²) in [4.78, 5) is 19.9. The molecule has 0 saturated heterocycles. The molecule has 0 aliphatic rings. The van der Waals surface area contributed by atoms with Gasteiger partial charge >= 0.3 is 6.18 Å². The smallest absolute Gasteiger partial charge is 0.419 e. The number of rotatable bonds is 6. The predicted octanol–water partition coefficient (Wildman–Crippen LogP) is 5.79. The number of pyridine rings is 1. The zero-order valence-electron chi connectivity index (χ0n) is 17.6. The average molecular weight is 458 g/mol. The number of hydrogen-bond acceptors (Lipinski definition) is 5. The molecule has 0 bridgehead atoms. The first kappa shape index (κ1) is 22.3. The number of carbonyl (C=O) groups excluding carboxylic acids is 1. The summed E-state index contributed by atoms with van der Waals surface area (Å²) in [5, 5.41) is 2.80. The number of anilines is 2. The van der Waals surface area contributed by atoms with Crippen LogP contribution in [-0.2, 0) is 24.4 Å². The molecule has 6 nitrogen and oxygen atoms in total. The lowest BCUT2D eigenvalue weighted by atomic mass is 10.2. The van der Waals surface area contributed by atoms with Crippen molar-refractivity contribution in [2.75, 3.05) is 5.32 Å². The Bertz CT molecular complexity index is 1350. The number of Topliss-reactive ketones (excluding diaryl/α,β-unsaturated/α-hetero) is 1. The molecule has 170 valence electrons. The Morgan fingerprint density at radius 1 is 1.09 bits per heavy atom. The second kappa shape index (κ2) is 8.53. The number of imidazole rings is 1. The van der Waals surface area contributed by atoms with E-state index in [0.29, 0.717) is 34.3 Å². The van der Waals surface area contributed by atoms with Gasteiger partial charge in [-0.05, 0) is 43.3 Å². The molecule has 0 spiro atoms. The molecule has 2 aromatic heterocycles. The molecule has 0 aliphatic heterocycles. The second-order valence-electron chi connectivity index (χ2n) is 7.43. The number of ketones is 1. The Morgan fingerprint density at radius 2 is 1.85 bits per heavy atom. The molecule has 33 heavy (non-hydrogen) atoms. The van der Waals surface area contributed by atoms with Gasteiger partial charge in [-0.1, -0.05) is 0 Å². The highest BCUT2D eigenvalue weighted by atomic mass is 19.4. The maximum Gasteiger partial charge on any atom is 0.419 e. The van der Waals surface area contributed by atoms with Gasteiger partial charge in [-0.2, -0.15) is 13.2 Å². The van der Waals surface area contributed by atoms with Crippen LogP contribution in [0.2, 0.25) is 0 Å². The predicted molar refractivity (Wildman–Crippen MR) is 114 cm³/mol. The van der Waals surface area contributed by atoms with Gasteiger partial charge in [0.2, 0.25) is 5.95 Å². The molecule has 4 rings (SSSR count). The summed E-state index contributed by atoms with van der Waals surface area (Å²) in [5.74, 6) is -0.107. The van der Waals surface area contributed by atoms with E-state index in [4.69, 9.17) is 4.74 Å². The van der Waals surface area contributed by atoms with Crippen molar-refractivity contribution in [1.82, 2.24) is 14.5 Å². The summed E-state index contributed by atoms with van der Waals surface area (Å²) in [6.07, 6.45) is -3.06. The first-order valence-corrected chi connectivity index (χ1v) is 9.82. The Labute approximate surface area is 185 Å². The Hall–Kier alpha value is -3.95. The van der Waals surface area contributed by atoms with Crippen LogP contribution in [0.3, 0.4) is 0 Å². The summed E-state index contributed by atoms with van der Waals surface area (Å²) < 4.78 is 60.1. The maximum absolute atomic E-state index is 13.6. The van der Waals surface area contributed by atoms with Gasteiger partial charge < -0.3 is 14.6 Å². The third-order valence-corrected chi connectivity index (χ3v) is 4.83. The summed E-state index contributed by atoms with van der Waals surface area (Å²) in [5.41, 5.74) is 0.517. The molecule has 4 aromatic rings. The lowest BCUT2D eigenvalue weighted by Crippen LogP contribution is -2.09. The Morgan fingerprint density at radius 3 is 2.58 bits per heavy atom. The van der Waals surface area contributed by atoms with Gasteiger partial charge in [-0.25, -0.2) is 9.37 Å². The fourth-order valence-corrected chi connectivity index (χ4v) is 3.31. The van der Waals surface area contributed by atoms with E-state index in [0.717, 1.165) is 6.07 Å². The summed E-state index contributed by atoms with van der Waals surface area (Å²) in [6.45, 7) is 1.48. The minimum atomic E-state index is -4.81. The van der Waals surface area contributed by atoms with E-state index < -0.39 is 17.6 Å². The molecule has 1 N–H and O–H groups in total. The molecular weight excluding hydrogens is 440 g/mol. The molecule has 0 aliphatic carbocycles. The molecule has 0 unspecified atom stereocenters. The molecule has 0 saturated carbocycles. The highest BCUT2D eigenvalue weighted by Crippen LogP contribution is 2.34. The molecule has 0 amide bonds. The number of alkyl halides is 3. The highest BCUT2D eigenvalue weighted by molar-refractivity contribution is 5.81. The first-order chi connectivity index (χ1) is 15.6. The zero-order valence-corrected chi connectivity index (χ0v) is 17.6. The number of ether oxygens (including phenoxy) is 1. The normalized spacial score (nSPS) is 11.6. The van der Waals surface area contributed by atoms with E-state index in [9.17, 15) is 22.4 Å². The van der Waals surface area contributed by atoms with Crippen LogP contribution in [0.25, 0.3) is 11.0 Å². The Kier molecular flexibility index (Phi) is 5.75. The van der Waals surface area contributed by atoms with Gasteiger partial charge in [0.05, 0.1) is 22.3 Å². The highest BCUT2D eigenvalue weighted by Gasteiger charge is 2.34. The van der Waals surface area contributed by atoms with Crippen LogP contribution < -0.4 is 10.1 Å². The third-order valence-electron chi connectivity index (χ3n) is 4.83. The minimum absolute atomic E-state index is 0.0157. The van der Waals surface area contributed by atoms with Crippen molar-refractivity contribution in [1.29, 1.82) is 0 Å². The largest absolute Gasteiger partial charge is 0.457 e. The van der Waals surface area contributed by atoms with Crippen molar-refractivity contribution in [3.8, 4) is 11.5 Å². The van der Waals surface area contributed by atoms with E-state index >= 15 is 0 Å². The van der Waals surface area contributed by atoms with Crippen LogP contribution in [0.5, 0.6) is 11.5 Å². The van der Waals surface area contributed by atoms with Crippen LogP contribution in [-0.4, -0.2) is 20.3 Å². The first-order valence-electron chi connectivity index (χ1n) is 9.82. The van der Waals surface area contributed by atoms with Gasteiger partial charge in [-0.15, -0.1) is 0 Å². The molecule has 2 aromatic carbocycles. The molecule has 2 heterocycles. The van der Waals surface area contributed by atoms with Gasteiger partial charge in [0, 0.05) is 37.5 Å². The van der Waals surface area contributed by atoms with Crippen LogP contribution in [0.15, 0.2) is 54.7 Å². The fraction of sp³-hybridized carbons (Fsp3) is 0.174. The number of nitrogens with zero attached hydrogens (tertiary/aromatic N) is 3. The molecule has 0 atom stereocenters. The van der Waals surface area contributed by atoms with Crippen molar-refractivity contribution in [3.63, 3.8) is 0 Å². The van der Waals surface area contributed by atoms with Crippen molar-refractivity contribution in [2.45, 2.75) is 19.5 Å². The van der Waals surface area contributed by atoms with Crippen LogP contribution in [0.4, 0.5) is 29.2 Å². The van der Waals surface area contributed by atoms with E-state index in [1.165, 1.54) is 13.0 Å². The van der Waals surface area contributed by atoms with E-state index in [1.54, 1.807) is 48.1 Å². The van der Waals surface area contributed by atoms with Gasteiger partial charge in [0.25, 0.3) is 0 Å². The molecular formula is C23H18F4N4O2. The average Bonchev–Trinajstić information content (AvgIpc) is 3.03. The quantitative estimate of drug-likeness (QED) is 0.370. The molecule has 10 heteroatoms.